The summed E-state index contributed by atoms with van der Waals surface area (Å²) in [6.07, 6.45) is -2.07. The standard InChI is InChI=1S/C24H29NO9/c1-15-20(17-9-5-4-6-10-17)34-24(31)25(15)23(30)22(32-3)21(33-16(2)27)19(29)13-12-18(28)11-7-8-14-26/h4-6,9-10,12-13,15,20-22,26H,7-8,11,14H2,1-3H3/t15-,20-,21+,22-/m1/s1. The number of amides is 2. The number of unbranched alkanes of at least 4 members (excludes halogenated alkanes) is 1. The Labute approximate surface area is 197 Å². The Balaban J connectivity index is 2.22. The highest BCUT2D eigenvalue weighted by Gasteiger charge is 2.48. The lowest BCUT2D eigenvalue weighted by molar-refractivity contribution is -0.166. The molecule has 34 heavy (non-hydrogen) atoms. The Morgan fingerprint density at radius 1 is 1.12 bits per heavy atom. The molecule has 0 saturated carbocycles. The Bertz CT molecular complexity index is 928. The first-order valence-electron chi connectivity index (χ1n) is 10.9. The average Bonchev–Trinajstić information content (AvgIpc) is 3.11. The van der Waals surface area contributed by atoms with Crippen LogP contribution in [0.3, 0.4) is 0 Å². The van der Waals surface area contributed by atoms with Crippen LogP contribution >= 0.6 is 0 Å². The van der Waals surface area contributed by atoms with Crippen molar-refractivity contribution >= 4 is 29.5 Å². The van der Waals surface area contributed by atoms with Crippen molar-refractivity contribution in [1.82, 2.24) is 4.90 Å². The second kappa shape index (κ2) is 12.8. The first-order chi connectivity index (χ1) is 16.2. The van der Waals surface area contributed by atoms with Crippen LogP contribution in [0.4, 0.5) is 4.79 Å². The van der Waals surface area contributed by atoms with E-state index in [1.807, 2.05) is 0 Å². The number of imide groups is 1. The number of ketones is 2. The maximum absolute atomic E-state index is 13.3. The summed E-state index contributed by atoms with van der Waals surface area (Å²) in [4.78, 5) is 62.9. The number of rotatable bonds is 12. The predicted octanol–water partition coefficient (Wildman–Crippen LogP) is 1.90. The van der Waals surface area contributed by atoms with E-state index in [1.165, 1.54) is 0 Å². The highest BCUT2D eigenvalue weighted by Crippen LogP contribution is 2.33. The number of ether oxygens (including phenoxy) is 3. The van der Waals surface area contributed by atoms with Crippen LogP contribution in [0.15, 0.2) is 42.5 Å². The molecule has 184 valence electrons. The van der Waals surface area contributed by atoms with Crippen LogP contribution in [-0.2, 0) is 33.4 Å². The zero-order valence-electron chi connectivity index (χ0n) is 19.3. The number of aliphatic hydroxyl groups is 1. The summed E-state index contributed by atoms with van der Waals surface area (Å²) >= 11 is 0. The fourth-order valence-electron chi connectivity index (χ4n) is 3.55. The van der Waals surface area contributed by atoms with Gasteiger partial charge in [0.15, 0.2) is 23.8 Å². The number of esters is 1. The molecule has 0 aliphatic carbocycles. The van der Waals surface area contributed by atoms with Crippen LogP contribution in [0.25, 0.3) is 0 Å². The topological polar surface area (TPSA) is 137 Å². The van der Waals surface area contributed by atoms with Gasteiger partial charge in [-0.1, -0.05) is 30.3 Å². The van der Waals surface area contributed by atoms with Crippen LogP contribution < -0.4 is 0 Å². The summed E-state index contributed by atoms with van der Waals surface area (Å²) in [6, 6.07) is 8.12. The summed E-state index contributed by atoms with van der Waals surface area (Å²) in [5.41, 5.74) is 0.683. The number of nitrogens with zero attached hydrogens (tertiary/aromatic N) is 1. The second-order valence-corrected chi connectivity index (χ2v) is 7.73. The monoisotopic (exact) mass is 475 g/mol. The SMILES string of the molecule is CO[C@@H](C(=O)N1C(=O)O[C@@H](c2ccccc2)[C@H]1C)[C@@H](OC(C)=O)C(=O)C=CC(=O)CCCCO. The molecule has 1 aliphatic rings. The lowest BCUT2D eigenvalue weighted by Gasteiger charge is -2.27. The van der Waals surface area contributed by atoms with Gasteiger partial charge in [-0.15, -0.1) is 0 Å². The number of carbonyl (C=O) groups is 5. The van der Waals surface area contributed by atoms with E-state index in [0.717, 1.165) is 31.1 Å². The largest absolute Gasteiger partial charge is 0.451 e. The number of hydrogen-bond acceptors (Lipinski definition) is 9. The second-order valence-electron chi connectivity index (χ2n) is 7.73. The third kappa shape index (κ3) is 6.82. The third-order valence-electron chi connectivity index (χ3n) is 5.25. The minimum absolute atomic E-state index is 0.0510. The molecule has 0 unspecified atom stereocenters. The number of hydrogen-bond donors (Lipinski definition) is 1. The Hall–Kier alpha value is -3.37. The molecule has 0 aromatic heterocycles. The van der Waals surface area contributed by atoms with Gasteiger partial charge in [0.25, 0.3) is 5.91 Å². The highest BCUT2D eigenvalue weighted by atomic mass is 16.6. The van der Waals surface area contributed by atoms with E-state index in [1.54, 1.807) is 37.3 Å². The van der Waals surface area contributed by atoms with E-state index in [9.17, 15) is 24.0 Å². The van der Waals surface area contributed by atoms with Crippen molar-refractivity contribution in [2.45, 2.75) is 57.5 Å². The van der Waals surface area contributed by atoms with Gasteiger partial charge in [-0.05, 0) is 37.5 Å². The predicted molar refractivity (Wildman–Crippen MR) is 118 cm³/mol. The molecule has 1 fully saturated rings. The molecule has 10 nitrogen and oxygen atoms in total. The lowest BCUT2D eigenvalue weighted by atomic mass is 10.0. The van der Waals surface area contributed by atoms with Crippen LogP contribution in [0.1, 0.15) is 44.8 Å². The van der Waals surface area contributed by atoms with E-state index < -0.39 is 48.1 Å². The molecular formula is C24H29NO9. The number of aliphatic hydroxyl groups excluding tert-OH is 1. The number of carbonyl (C=O) groups excluding carboxylic acids is 5. The minimum Gasteiger partial charge on any atom is -0.451 e. The summed E-state index contributed by atoms with van der Waals surface area (Å²) in [7, 11) is 1.14. The van der Waals surface area contributed by atoms with Crippen LogP contribution in [0.2, 0.25) is 0 Å². The highest BCUT2D eigenvalue weighted by molar-refractivity contribution is 6.05. The Morgan fingerprint density at radius 2 is 1.79 bits per heavy atom. The molecule has 4 atom stereocenters. The van der Waals surface area contributed by atoms with Gasteiger partial charge < -0.3 is 19.3 Å². The first-order valence-corrected chi connectivity index (χ1v) is 10.9. The molecule has 1 aromatic carbocycles. The van der Waals surface area contributed by atoms with Gasteiger partial charge in [0.2, 0.25) is 0 Å². The summed E-state index contributed by atoms with van der Waals surface area (Å²) in [5, 5.41) is 8.79. The zero-order valence-corrected chi connectivity index (χ0v) is 19.3. The van der Waals surface area contributed by atoms with Crippen molar-refractivity contribution in [3.63, 3.8) is 0 Å². The van der Waals surface area contributed by atoms with Crippen molar-refractivity contribution in [2.24, 2.45) is 0 Å². The molecule has 2 rings (SSSR count). The number of allylic oxidation sites excluding steroid dienone is 1. The molecule has 0 spiro atoms. The van der Waals surface area contributed by atoms with E-state index in [-0.39, 0.29) is 18.8 Å². The maximum Gasteiger partial charge on any atom is 0.417 e. The van der Waals surface area contributed by atoms with E-state index in [2.05, 4.69) is 0 Å². The van der Waals surface area contributed by atoms with Gasteiger partial charge in [-0.25, -0.2) is 9.69 Å². The van der Waals surface area contributed by atoms with E-state index in [0.29, 0.717) is 18.4 Å². The molecule has 1 aliphatic heterocycles. The zero-order chi connectivity index (χ0) is 25.3. The maximum atomic E-state index is 13.3. The quantitative estimate of drug-likeness (QED) is 0.273. The fraction of sp³-hybridized carbons (Fsp3) is 0.458. The summed E-state index contributed by atoms with van der Waals surface area (Å²) < 4.78 is 15.6. The molecule has 1 heterocycles. The van der Waals surface area contributed by atoms with E-state index in [4.69, 9.17) is 19.3 Å². The molecule has 0 bridgehead atoms. The summed E-state index contributed by atoms with van der Waals surface area (Å²) in [6.45, 7) is 2.62. The molecule has 1 saturated heterocycles. The van der Waals surface area contributed by atoms with Crippen molar-refractivity contribution in [3.8, 4) is 0 Å². The fourth-order valence-corrected chi connectivity index (χ4v) is 3.55. The normalized spacial score (nSPS) is 19.5. The van der Waals surface area contributed by atoms with Gasteiger partial charge in [-0.2, -0.15) is 0 Å². The summed E-state index contributed by atoms with van der Waals surface area (Å²) in [5.74, 6) is -2.99. The molecule has 1 N–H and O–H groups in total. The third-order valence-corrected chi connectivity index (χ3v) is 5.25. The number of cyclic esters (lactones) is 1. The van der Waals surface area contributed by atoms with Gasteiger partial charge in [0.1, 0.15) is 6.10 Å². The average molecular weight is 475 g/mol. The van der Waals surface area contributed by atoms with Crippen molar-refractivity contribution in [3.05, 3.63) is 48.0 Å². The first kappa shape index (κ1) is 26.9. The lowest BCUT2D eigenvalue weighted by Crippen LogP contribution is -2.52. The Kier molecular flexibility index (Phi) is 10.1. The van der Waals surface area contributed by atoms with Crippen molar-refractivity contribution in [2.75, 3.05) is 13.7 Å². The smallest absolute Gasteiger partial charge is 0.417 e. The van der Waals surface area contributed by atoms with E-state index >= 15 is 0 Å². The molecule has 10 heteroatoms. The van der Waals surface area contributed by atoms with Crippen LogP contribution in [0, 0.1) is 0 Å². The molecular weight excluding hydrogens is 446 g/mol. The van der Waals surface area contributed by atoms with Crippen LogP contribution in [0.5, 0.6) is 0 Å². The van der Waals surface area contributed by atoms with Gasteiger partial charge in [-0.3, -0.25) is 19.2 Å². The van der Waals surface area contributed by atoms with Gasteiger partial charge in [0, 0.05) is 27.1 Å². The molecule has 2 amide bonds. The number of methoxy groups -OCH3 is 1. The minimum atomic E-state index is -1.72. The van der Waals surface area contributed by atoms with Crippen molar-refractivity contribution < 1.29 is 43.3 Å². The molecule has 0 radical (unpaired) electrons. The Morgan fingerprint density at radius 3 is 2.38 bits per heavy atom. The van der Waals surface area contributed by atoms with Gasteiger partial charge >= 0.3 is 12.1 Å². The van der Waals surface area contributed by atoms with Crippen molar-refractivity contribution in [1.29, 1.82) is 0 Å². The van der Waals surface area contributed by atoms with Gasteiger partial charge in [0.05, 0.1) is 6.04 Å². The van der Waals surface area contributed by atoms with Crippen LogP contribution in [-0.4, -0.2) is 71.5 Å². The molecule has 1 aromatic rings. The number of benzene rings is 1.